The monoisotopic (exact) mass is 355 g/mol. The molecule has 0 aliphatic carbocycles. The van der Waals surface area contributed by atoms with Gasteiger partial charge in [-0.1, -0.05) is 6.07 Å². The van der Waals surface area contributed by atoms with Crippen molar-refractivity contribution in [2.24, 2.45) is 0 Å². The van der Waals surface area contributed by atoms with Crippen LogP contribution >= 0.6 is 11.3 Å². The maximum Gasteiger partial charge on any atom is 0.326 e. The summed E-state index contributed by atoms with van der Waals surface area (Å²) in [4.78, 5) is 11.7. The average molecular weight is 355 g/mol. The third-order valence-corrected chi connectivity index (χ3v) is 6.33. The molecular weight excluding hydrogens is 342 g/mol. The number of rotatable bonds is 5. The third-order valence-electron chi connectivity index (χ3n) is 3.18. The normalized spacial score (nSPS) is 12.9. The van der Waals surface area contributed by atoms with Crippen LogP contribution in [0.1, 0.15) is 0 Å². The Bertz CT molecular complexity index is 816. The van der Waals surface area contributed by atoms with Crippen LogP contribution in [0.2, 0.25) is 0 Å². The van der Waals surface area contributed by atoms with Crippen LogP contribution in [0.3, 0.4) is 0 Å². The Balaban J connectivity index is 2.04. The van der Waals surface area contributed by atoms with Gasteiger partial charge in [0.05, 0.1) is 12.8 Å². The van der Waals surface area contributed by atoms with Crippen molar-refractivity contribution in [1.82, 2.24) is 0 Å². The Morgan fingerprint density at radius 3 is 2.78 bits per heavy atom. The second-order valence-corrected chi connectivity index (χ2v) is 7.59. The zero-order valence-electron chi connectivity index (χ0n) is 12.1. The highest BCUT2D eigenvalue weighted by molar-refractivity contribution is 7.94. The molecule has 1 aromatic carbocycles. The van der Waals surface area contributed by atoms with E-state index in [4.69, 9.17) is 9.47 Å². The molecule has 1 aromatic heterocycles. The summed E-state index contributed by atoms with van der Waals surface area (Å²) < 4.78 is 41.8. The average Bonchev–Trinajstić information content (AvgIpc) is 3.22. The number of hydrogen-bond donors (Lipinski definition) is 0. The lowest BCUT2D eigenvalue weighted by Crippen LogP contribution is -2.35. The van der Waals surface area contributed by atoms with Gasteiger partial charge in [-0.2, -0.15) is 0 Å². The van der Waals surface area contributed by atoms with E-state index in [0.717, 1.165) is 15.6 Å². The molecule has 1 aliphatic rings. The SMILES string of the molecule is COC(=O)CN(c1ccc2c(c1)OCO2)S(=O)(=O)c1cccs1. The van der Waals surface area contributed by atoms with Gasteiger partial charge in [0.1, 0.15) is 10.8 Å². The molecule has 0 radical (unpaired) electrons. The first-order chi connectivity index (χ1) is 11.0. The Hall–Kier alpha value is -2.26. The van der Waals surface area contributed by atoms with Crippen molar-refractivity contribution >= 4 is 33.0 Å². The van der Waals surface area contributed by atoms with Gasteiger partial charge >= 0.3 is 5.97 Å². The fraction of sp³-hybridized carbons (Fsp3) is 0.214. The molecule has 0 saturated carbocycles. The maximum absolute atomic E-state index is 12.8. The van der Waals surface area contributed by atoms with Crippen LogP contribution in [0.5, 0.6) is 11.5 Å². The van der Waals surface area contributed by atoms with Crippen LogP contribution in [0.4, 0.5) is 5.69 Å². The largest absolute Gasteiger partial charge is 0.468 e. The number of benzene rings is 1. The second kappa shape index (κ2) is 6.09. The molecule has 0 spiro atoms. The van der Waals surface area contributed by atoms with Crippen molar-refractivity contribution in [3.8, 4) is 11.5 Å². The minimum Gasteiger partial charge on any atom is -0.468 e. The molecule has 0 amide bonds. The summed E-state index contributed by atoms with van der Waals surface area (Å²) in [7, 11) is -2.67. The van der Waals surface area contributed by atoms with E-state index in [1.807, 2.05) is 0 Å². The lowest BCUT2D eigenvalue weighted by molar-refractivity contribution is -0.138. The molecule has 0 saturated heterocycles. The number of anilines is 1. The van der Waals surface area contributed by atoms with Crippen LogP contribution in [-0.2, 0) is 19.6 Å². The molecule has 0 bridgehead atoms. The first-order valence-electron chi connectivity index (χ1n) is 6.55. The van der Waals surface area contributed by atoms with Crippen molar-refractivity contribution in [3.63, 3.8) is 0 Å². The highest BCUT2D eigenvalue weighted by atomic mass is 32.2. The van der Waals surface area contributed by atoms with Crippen molar-refractivity contribution in [2.75, 3.05) is 24.8 Å². The Morgan fingerprint density at radius 2 is 2.09 bits per heavy atom. The summed E-state index contributed by atoms with van der Waals surface area (Å²) >= 11 is 1.08. The summed E-state index contributed by atoms with van der Waals surface area (Å²) in [6, 6.07) is 7.80. The van der Waals surface area contributed by atoms with Crippen LogP contribution in [0.15, 0.2) is 39.9 Å². The quantitative estimate of drug-likeness (QED) is 0.761. The predicted octanol–water partition coefficient (Wildman–Crippen LogP) is 1.85. The lowest BCUT2D eigenvalue weighted by Gasteiger charge is -2.22. The van der Waals surface area contributed by atoms with Crippen LogP contribution in [0, 0.1) is 0 Å². The molecule has 23 heavy (non-hydrogen) atoms. The summed E-state index contributed by atoms with van der Waals surface area (Å²) in [6.07, 6.45) is 0. The molecule has 2 heterocycles. The first-order valence-corrected chi connectivity index (χ1v) is 8.87. The Kier molecular flexibility index (Phi) is 4.14. The number of thiophene rings is 1. The van der Waals surface area contributed by atoms with Crippen molar-refractivity contribution < 1.29 is 27.4 Å². The van der Waals surface area contributed by atoms with E-state index >= 15 is 0 Å². The van der Waals surface area contributed by atoms with Crippen molar-refractivity contribution in [2.45, 2.75) is 4.21 Å². The first kappa shape index (κ1) is 15.6. The smallest absolute Gasteiger partial charge is 0.326 e. The highest BCUT2D eigenvalue weighted by Gasteiger charge is 2.29. The van der Waals surface area contributed by atoms with Crippen molar-refractivity contribution in [3.05, 3.63) is 35.7 Å². The number of fused-ring (bicyclic) bond motifs is 1. The Labute approximate surface area is 137 Å². The van der Waals surface area contributed by atoms with Gasteiger partial charge in [-0.25, -0.2) is 8.42 Å². The number of hydrogen-bond acceptors (Lipinski definition) is 7. The molecule has 0 atom stereocenters. The third kappa shape index (κ3) is 2.97. The van der Waals surface area contributed by atoms with Gasteiger partial charge in [0.2, 0.25) is 6.79 Å². The zero-order chi connectivity index (χ0) is 16.4. The molecule has 9 heteroatoms. The van der Waals surface area contributed by atoms with E-state index in [9.17, 15) is 13.2 Å². The number of sulfonamides is 1. The number of esters is 1. The van der Waals surface area contributed by atoms with E-state index in [1.165, 1.54) is 19.2 Å². The molecule has 1 aliphatic heterocycles. The van der Waals surface area contributed by atoms with Gasteiger partial charge in [-0.3, -0.25) is 9.10 Å². The summed E-state index contributed by atoms with van der Waals surface area (Å²) in [6.45, 7) is -0.357. The summed E-state index contributed by atoms with van der Waals surface area (Å²) in [5, 5.41) is 1.66. The standard InChI is InChI=1S/C14H13NO6S2/c1-19-13(16)8-15(23(17,18)14-3-2-6-22-14)10-4-5-11-12(7-10)21-9-20-11/h2-7H,8-9H2,1H3. The molecule has 122 valence electrons. The van der Waals surface area contributed by atoms with E-state index in [1.54, 1.807) is 23.6 Å². The number of methoxy groups -OCH3 is 1. The van der Waals surface area contributed by atoms with E-state index in [0.29, 0.717) is 17.2 Å². The summed E-state index contributed by atoms with van der Waals surface area (Å²) in [5.74, 6) is 0.293. The molecule has 7 nitrogen and oxygen atoms in total. The Morgan fingerprint density at radius 1 is 1.30 bits per heavy atom. The van der Waals surface area contributed by atoms with Gasteiger partial charge < -0.3 is 14.2 Å². The second-order valence-electron chi connectivity index (χ2n) is 4.56. The zero-order valence-corrected chi connectivity index (χ0v) is 13.7. The van der Waals surface area contributed by atoms with E-state index < -0.39 is 22.5 Å². The van der Waals surface area contributed by atoms with E-state index in [-0.39, 0.29) is 11.0 Å². The minimum atomic E-state index is -3.88. The molecular formula is C14H13NO6S2. The van der Waals surface area contributed by atoms with Crippen LogP contribution in [-0.4, -0.2) is 34.8 Å². The molecule has 0 fully saturated rings. The number of nitrogens with zero attached hydrogens (tertiary/aromatic N) is 1. The topological polar surface area (TPSA) is 82.1 Å². The fourth-order valence-electron chi connectivity index (χ4n) is 2.06. The molecule has 0 unspecified atom stereocenters. The van der Waals surface area contributed by atoms with Gasteiger partial charge in [0.25, 0.3) is 10.0 Å². The number of carbonyl (C=O) groups excluding carboxylic acids is 1. The fourth-order valence-corrected chi connectivity index (χ4v) is 4.56. The minimum absolute atomic E-state index is 0.0768. The van der Waals surface area contributed by atoms with Crippen LogP contribution in [0.25, 0.3) is 0 Å². The van der Waals surface area contributed by atoms with Crippen molar-refractivity contribution in [1.29, 1.82) is 0 Å². The van der Waals surface area contributed by atoms with E-state index in [2.05, 4.69) is 4.74 Å². The van der Waals surface area contributed by atoms with Gasteiger partial charge in [-0.15, -0.1) is 11.3 Å². The predicted molar refractivity (Wildman–Crippen MR) is 83.4 cm³/mol. The number of ether oxygens (including phenoxy) is 3. The molecule has 3 rings (SSSR count). The van der Waals surface area contributed by atoms with Gasteiger partial charge in [0.15, 0.2) is 11.5 Å². The number of carbonyl (C=O) groups is 1. The lowest BCUT2D eigenvalue weighted by atomic mass is 10.3. The maximum atomic E-state index is 12.8. The highest BCUT2D eigenvalue weighted by Crippen LogP contribution is 2.37. The summed E-state index contributed by atoms with van der Waals surface area (Å²) in [5.41, 5.74) is 0.299. The molecule has 0 N–H and O–H groups in total. The van der Waals surface area contributed by atoms with Gasteiger partial charge in [-0.05, 0) is 23.6 Å². The van der Waals surface area contributed by atoms with Crippen LogP contribution < -0.4 is 13.8 Å². The molecule has 2 aromatic rings. The van der Waals surface area contributed by atoms with Gasteiger partial charge in [0, 0.05) is 6.07 Å².